The normalized spacial score (nSPS) is 25.4. The summed E-state index contributed by atoms with van der Waals surface area (Å²) in [4.78, 5) is 2.40. The molecule has 13 heavy (non-hydrogen) atoms. The van der Waals surface area contributed by atoms with Crippen LogP contribution in [-0.2, 0) is 4.74 Å². The minimum atomic E-state index is 0.341. The van der Waals surface area contributed by atoms with Crippen LogP contribution in [0.15, 0.2) is 0 Å². The third-order valence-corrected chi connectivity index (χ3v) is 2.70. The maximum Gasteiger partial charge on any atom is 0.0622 e. The van der Waals surface area contributed by atoms with E-state index in [1.165, 1.54) is 12.8 Å². The second-order valence-corrected chi connectivity index (χ2v) is 4.12. The highest BCUT2D eigenvalue weighted by molar-refractivity contribution is 4.73. The molecule has 2 atom stereocenters. The molecule has 0 aromatic heterocycles. The monoisotopic (exact) mass is 186 g/mol. The molecule has 3 nitrogen and oxygen atoms in total. The van der Waals surface area contributed by atoms with E-state index in [0.29, 0.717) is 12.1 Å². The number of hydrogen-bond acceptors (Lipinski definition) is 3. The van der Waals surface area contributed by atoms with E-state index in [2.05, 4.69) is 18.9 Å². The Morgan fingerprint density at radius 1 is 1.62 bits per heavy atom. The zero-order chi connectivity index (χ0) is 9.68. The van der Waals surface area contributed by atoms with E-state index in [-0.39, 0.29) is 0 Å². The van der Waals surface area contributed by atoms with Crippen molar-refractivity contribution in [3.8, 4) is 0 Å². The van der Waals surface area contributed by atoms with Crippen LogP contribution >= 0.6 is 0 Å². The molecule has 0 saturated carbocycles. The first-order valence-electron chi connectivity index (χ1n) is 5.23. The van der Waals surface area contributed by atoms with Gasteiger partial charge in [0.25, 0.3) is 0 Å². The van der Waals surface area contributed by atoms with Gasteiger partial charge >= 0.3 is 0 Å². The molecule has 0 bridgehead atoms. The van der Waals surface area contributed by atoms with Gasteiger partial charge in [0.2, 0.25) is 0 Å². The number of likely N-dealkylation sites (N-methyl/N-ethyl adjacent to an activating group) is 1. The molecule has 0 aliphatic carbocycles. The fraction of sp³-hybridized carbons (Fsp3) is 1.00. The fourth-order valence-corrected chi connectivity index (χ4v) is 1.71. The van der Waals surface area contributed by atoms with Crippen LogP contribution < -0.4 is 5.73 Å². The highest BCUT2D eigenvalue weighted by atomic mass is 16.5. The molecule has 1 rings (SSSR count). The number of rotatable bonds is 5. The molecule has 1 heterocycles. The van der Waals surface area contributed by atoms with Crippen molar-refractivity contribution in [2.24, 2.45) is 5.73 Å². The predicted molar refractivity (Wildman–Crippen MR) is 54.7 cm³/mol. The Kier molecular flexibility index (Phi) is 4.70. The SMILES string of the molecule is CC(N)CCCN(C)C1CCOC1. The Hall–Kier alpha value is -0.120. The Morgan fingerprint density at radius 2 is 2.38 bits per heavy atom. The summed E-state index contributed by atoms with van der Waals surface area (Å²) in [7, 11) is 2.18. The summed E-state index contributed by atoms with van der Waals surface area (Å²) in [5.41, 5.74) is 5.69. The van der Waals surface area contributed by atoms with Gasteiger partial charge in [-0.2, -0.15) is 0 Å². The molecule has 1 aliphatic rings. The predicted octanol–water partition coefficient (Wildman–Crippen LogP) is 0.834. The van der Waals surface area contributed by atoms with Gasteiger partial charge in [-0.25, -0.2) is 0 Å². The molecule has 78 valence electrons. The van der Waals surface area contributed by atoms with Crippen LogP contribution in [0.1, 0.15) is 26.2 Å². The standard InChI is InChI=1S/C10H22N2O/c1-9(11)4-3-6-12(2)10-5-7-13-8-10/h9-10H,3-8,11H2,1-2H3. The van der Waals surface area contributed by atoms with Crippen LogP contribution in [-0.4, -0.2) is 43.8 Å². The van der Waals surface area contributed by atoms with Gasteiger partial charge in [-0.3, -0.25) is 0 Å². The molecule has 3 heteroatoms. The van der Waals surface area contributed by atoms with Crippen molar-refractivity contribution < 1.29 is 4.74 Å². The largest absolute Gasteiger partial charge is 0.380 e. The minimum Gasteiger partial charge on any atom is -0.380 e. The van der Waals surface area contributed by atoms with Crippen LogP contribution in [0.25, 0.3) is 0 Å². The highest BCUT2D eigenvalue weighted by Crippen LogP contribution is 2.11. The summed E-state index contributed by atoms with van der Waals surface area (Å²) in [6, 6.07) is 0.987. The van der Waals surface area contributed by atoms with E-state index < -0.39 is 0 Å². The van der Waals surface area contributed by atoms with Gasteiger partial charge in [-0.1, -0.05) is 0 Å². The molecule has 0 radical (unpaired) electrons. The number of nitrogens with two attached hydrogens (primary N) is 1. The summed E-state index contributed by atoms with van der Waals surface area (Å²) in [5, 5.41) is 0. The lowest BCUT2D eigenvalue weighted by atomic mass is 10.1. The van der Waals surface area contributed by atoms with Crippen molar-refractivity contribution >= 4 is 0 Å². The molecule has 0 amide bonds. The zero-order valence-electron chi connectivity index (χ0n) is 8.83. The average Bonchev–Trinajstić information content (AvgIpc) is 2.55. The molecule has 2 unspecified atom stereocenters. The van der Waals surface area contributed by atoms with E-state index in [1.54, 1.807) is 0 Å². The summed E-state index contributed by atoms with van der Waals surface area (Å²) in [5.74, 6) is 0. The molecule has 0 spiro atoms. The van der Waals surface area contributed by atoms with Gasteiger partial charge in [-0.05, 0) is 39.8 Å². The quantitative estimate of drug-likeness (QED) is 0.691. The van der Waals surface area contributed by atoms with Crippen LogP contribution in [0.4, 0.5) is 0 Å². The van der Waals surface area contributed by atoms with Gasteiger partial charge in [0.15, 0.2) is 0 Å². The van der Waals surface area contributed by atoms with Gasteiger partial charge < -0.3 is 15.4 Å². The van der Waals surface area contributed by atoms with Crippen LogP contribution in [0, 0.1) is 0 Å². The van der Waals surface area contributed by atoms with E-state index >= 15 is 0 Å². The number of nitrogens with zero attached hydrogens (tertiary/aromatic N) is 1. The van der Waals surface area contributed by atoms with Crippen molar-refractivity contribution in [3.63, 3.8) is 0 Å². The van der Waals surface area contributed by atoms with E-state index in [9.17, 15) is 0 Å². The Balaban J connectivity index is 2.06. The van der Waals surface area contributed by atoms with Crippen molar-refractivity contribution in [2.75, 3.05) is 26.8 Å². The molecule has 1 fully saturated rings. The molecule has 1 saturated heterocycles. The third kappa shape index (κ3) is 4.07. The van der Waals surface area contributed by atoms with Crippen LogP contribution in [0.2, 0.25) is 0 Å². The number of ether oxygens (including phenoxy) is 1. The summed E-state index contributed by atoms with van der Waals surface area (Å²) in [6.45, 7) is 5.06. The molecular weight excluding hydrogens is 164 g/mol. The van der Waals surface area contributed by atoms with E-state index in [4.69, 9.17) is 10.5 Å². The maximum absolute atomic E-state index is 5.69. The fourth-order valence-electron chi connectivity index (χ4n) is 1.71. The first-order valence-corrected chi connectivity index (χ1v) is 5.23. The zero-order valence-corrected chi connectivity index (χ0v) is 8.83. The lowest BCUT2D eigenvalue weighted by molar-refractivity contribution is 0.158. The third-order valence-electron chi connectivity index (χ3n) is 2.70. The summed E-state index contributed by atoms with van der Waals surface area (Å²) >= 11 is 0. The first kappa shape index (κ1) is 11.0. The van der Waals surface area contributed by atoms with Gasteiger partial charge in [-0.15, -0.1) is 0 Å². The molecule has 0 aromatic carbocycles. The van der Waals surface area contributed by atoms with Crippen molar-refractivity contribution in [3.05, 3.63) is 0 Å². The maximum atomic E-state index is 5.69. The highest BCUT2D eigenvalue weighted by Gasteiger charge is 2.19. The van der Waals surface area contributed by atoms with Crippen LogP contribution in [0.3, 0.4) is 0 Å². The Bertz CT molecular complexity index is 133. The Morgan fingerprint density at radius 3 is 2.92 bits per heavy atom. The minimum absolute atomic E-state index is 0.341. The molecular formula is C10H22N2O. The van der Waals surface area contributed by atoms with Crippen molar-refractivity contribution in [1.82, 2.24) is 4.90 Å². The first-order chi connectivity index (χ1) is 6.20. The second-order valence-electron chi connectivity index (χ2n) is 4.12. The smallest absolute Gasteiger partial charge is 0.0622 e. The molecule has 0 aromatic rings. The lowest BCUT2D eigenvalue weighted by Gasteiger charge is -2.22. The average molecular weight is 186 g/mol. The number of hydrogen-bond donors (Lipinski definition) is 1. The lowest BCUT2D eigenvalue weighted by Crippen LogP contribution is -2.33. The van der Waals surface area contributed by atoms with Crippen molar-refractivity contribution in [1.29, 1.82) is 0 Å². The van der Waals surface area contributed by atoms with Gasteiger partial charge in [0, 0.05) is 18.7 Å². The summed E-state index contributed by atoms with van der Waals surface area (Å²) < 4.78 is 5.34. The molecule has 2 N–H and O–H groups in total. The second kappa shape index (κ2) is 5.58. The van der Waals surface area contributed by atoms with Gasteiger partial charge in [0.05, 0.1) is 6.61 Å². The topological polar surface area (TPSA) is 38.5 Å². The summed E-state index contributed by atoms with van der Waals surface area (Å²) in [6.07, 6.45) is 3.51. The molecule has 1 aliphatic heterocycles. The van der Waals surface area contributed by atoms with E-state index in [1.807, 2.05) is 0 Å². The van der Waals surface area contributed by atoms with Crippen LogP contribution in [0.5, 0.6) is 0 Å². The Labute approximate surface area is 81.2 Å². The van der Waals surface area contributed by atoms with Gasteiger partial charge in [0.1, 0.15) is 0 Å². The van der Waals surface area contributed by atoms with E-state index in [0.717, 1.165) is 26.2 Å². The van der Waals surface area contributed by atoms with Crippen molar-refractivity contribution in [2.45, 2.75) is 38.3 Å².